The van der Waals surface area contributed by atoms with Gasteiger partial charge in [-0.2, -0.15) is 5.10 Å². The van der Waals surface area contributed by atoms with Crippen LogP contribution < -0.4 is 9.47 Å². The third-order valence-corrected chi connectivity index (χ3v) is 3.99. The number of piperidine rings is 1. The molecule has 2 heterocycles. The number of benzene rings is 1. The van der Waals surface area contributed by atoms with E-state index < -0.39 is 0 Å². The van der Waals surface area contributed by atoms with Gasteiger partial charge in [0.25, 0.3) is 5.91 Å². The van der Waals surface area contributed by atoms with Gasteiger partial charge in [-0.05, 0) is 43.2 Å². The molecule has 0 saturated carbocycles. The van der Waals surface area contributed by atoms with E-state index in [1.54, 1.807) is 47.5 Å². The molecule has 1 unspecified atom stereocenters. The molecule has 7 heteroatoms. The molecule has 1 atom stereocenters. The van der Waals surface area contributed by atoms with Crippen LogP contribution in [-0.2, 0) is 4.79 Å². The van der Waals surface area contributed by atoms with Crippen molar-refractivity contribution in [3.8, 4) is 11.6 Å². The fourth-order valence-electron chi connectivity index (χ4n) is 2.55. The number of aromatic nitrogens is 2. The number of halogens is 1. The largest absolute Gasteiger partial charge is 0.484 e. The van der Waals surface area contributed by atoms with E-state index in [2.05, 4.69) is 10.2 Å². The number of carbonyl (C=O) groups excluding carboxylic acids is 1. The smallest absolute Gasteiger partial charge is 0.260 e. The van der Waals surface area contributed by atoms with Crippen LogP contribution in [0.1, 0.15) is 12.8 Å². The molecule has 2 aromatic rings. The Bertz CT molecular complexity index is 667. The molecule has 0 aliphatic carbocycles. The molecule has 1 aliphatic heterocycles. The maximum atomic E-state index is 12.3. The van der Waals surface area contributed by atoms with Crippen molar-refractivity contribution in [3.05, 3.63) is 47.6 Å². The normalized spacial score (nSPS) is 17.4. The van der Waals surface area contributed by atoms with Crippen molar-refractivity contribution in [1.82, 2.24) is 15.1 Å². The molecule has 1 fully saturated rings. The minimum atomic E-state index is -0.0741. The molecular formula is C17H18ClN3O3. The van der Waals surface area contributed by atoms with Crippen molar-refractivity contribution < 1.29 is 14.3 Å². The van der Waals surface area contributed by atoms with E-state index in [0.717, 1.165) is 12.8 Å². The molecule has 126 valence electrons. The van der Waals surface area contributed by atoms with Gasteiger partial charge in [-0.1, -0.05) is 11.6 Å². The van der Waals surface area contributed by atoms with E-state index in [9.17, 15) is 4.79 Å². The molecule has 1 aromatic heterocycles. The van der Waals surface area contributed by atoms with Crippen LogP contribution in [0, 0.1) is 0 Å². The van der Waals surface area contributed by atoms with Gasteiger partial charge in [0.05, 0.1) is 6.54 Å². The molecule has 24 heavy (non-hydrogen) atoms. The topological polar surface area (TPSA) is 64.5 Å². The third kappa shape index (κ3) is 4.58. The lowest BCUT2D eigenvalue weighted by molar-refractivity contribution is -0.136. The van der Waals surface area contributed by atoms with Gasteiger partial charge in [0.2, 0.25) is 5.88 Å². The molecule has 3 rings (SSSR count). The molecule has 0 radical (unpaired) electrons. The highest BCUT2D eigenvalue weighted by atomic mass is 35.5. The first kappa shape index (κ1) is 16.5. The highest BCUT2D eigenvalue weighted by Crippen LogP contribution is 2.18. The summed E-state index contributed by atoms with van der Waals surface area (Å²) in [6, 6.07) is 10.5. The van der Waals surface area contributed by atoms with Crippen molar-refractivity contribution in [1.29, 1.82) is 0 Å². The molecule has 0 bridgehead atoms. The molecular weight excluding hydrogens is 330 g/mol. The Morgan fingerprint density at radius 3 is 2.88 bits per heavy atom. The predicted molar refractivity (Wildman–Crippen MR) is 89.2 cm³/mol. The van der Waals surface area contributed by atoms with Gasteiger partial charge in [0, 0.05) is 23.8 Å². The van der Waals surface area contributed by atoms with E-state index in [0.29, 0.717) is 29.7 Å². The van der Waals surface area contributed by atoms with Crippen molar-refractivity contribution >= 4 is 17.5 Å². The van der Waals surface area contributed by atoms with Gasteiger partial charge in [-0.25, -0.2) is 0 Å². The van der Waals surface area contributed by atoms with Crippen molar-refractivity contribution in [2.75, 3.05) is 19.7 Å². The summed E-state index contributed by atoms with van der Waals surface area (Å²) < 4.78 is 11.3. The maximum Gasteiger partial charge on any atom is 0.260 e. The Balaban J connectivity index is 1.50. The van der Waals surface area contributed by atoms with Crippen LogP contribution in [0.2, 0.25) is 5.02 Å². The zero-order chi connectivity index (χ0) is 16.8. The van der Waals surface area contributed by atoms with E-state index >= 15 is 0 Å². The highest BCUT2D eigenvalue weighted by Gasteiger charge is 2.25. The van der Waals surface area contributed by atoms with Crippen molar-refractivity contribution in [2.45, 2.75) is 18.9 Å². The van der Waals surface area contributed by atoms with Gasteiger partial charge in [0.1, 0.15) is 11.9 Å². The summed E-state index contributed by atoms with van der Waals surface area (Å²) >= 11 is 5.82. The quantitative estimate of drug-likeness (QED) is 0.831. The number of amides is 1. The summed E-state index contributed by atoms with van der Waals surface area (Å²) in [4.78, 5) is 14.1. The number of nitrogens with zero attached hydrogens (tertiary/aromatic N) is 3. The lowest BCUT2D eigenvalue weighted by Crippen LogP contribution is -2.46. The monoisotopic (exact) mass is 347 g/mol. The van der Waals surface area contributed by atoms with E-state index in [4.69, 9.17) is 21.1 Å². The predicted octanol–water partition coefficient (Wildman–Crippen LogP) is 2.58. The fraction of sp³-hybridized carbons (Fsp3) is 0.353. The Morgan fingerprint density at radius 1 is 1.29 bits per heavy atom. The minimum absolute atomic E-state index is 0.000501. The summed E-state index contributed by atoms with van der Waals surface area (Å²) in [7, 11) is 0. The second-order valence-electron chi connectivity index (χ2n) is 5.53. The first-order chi connectivity index (χ1) is 11.7. The maximum absolute atomic E-state index is 12.3. The molecule has 6 nitrogen and oxygen atoms in total. The van der Waals surface area contributed by atoms with Gasteiger partial charge in [-0.15, -0.1) is 5.10 Å². The van der Waals surface area contributed by atoms with Crippen LogP contribution in [0.25, 0.3) is 0 Å². The number of rotatable bonds is 5. The van der Waals surface area contributed by atoms with Gasteiger partial charge in [-0.3, -0.25) is 4.79 Å². The SMILES string of the molecule is O=C(COc1ccc(Cl)cc1)N1CCCC(Oc2cccnn2)C1. The van der Waals surface area contributed by atoms with Crippen LogP contribution in [0.4, 0.5) is 0 Å². The molecule has 1 saturated heterocycles. The standard InChI is InChI=1S/C17H18ClN3O3/c18-13-5-7-14(8-6-13)23-12-17(22)21-10-2-3-15(11-21)24-16-4-1-9-19-20-16/h1,4-9,15H,2-3,10-12H2. The number of ether oxygens (including phenoxy) is 2. The Morgan fingerprint density at radius 2 is 2.12 bits per heavy atom. The Labute approximate surface area is 145 Å². The lowest BCUT2D eigenvalue weighted by atomic mass is 10.1. The van der Waals surface area contributed by atoms with Crippen LogP contribution in [0.15, 0.2) is 42.6 Å². The third-order valence-electron chi connectivity index (χ3n) is 3.74. The molecule has 1 aliphatic rings. The van der Waals surface area contributed by atoms with Gasteiger partial charge >= 0.3 is 0 Å². The van der Waals surface area contributed by atoms with E-state index in [-0.39, 0.29) is 18.6 Å². The van der Waals surface area contributed by atoms with Crippen LogP contribution in [0.3, 0.4) is 0 Å². The van der Waals surface area contributed by atoms with Gasteiger partial charge in [0.15, 0.2) is 6.61 Å². The zero-order valence-electron chi connectivity index (χ0n) is 13.1. The van der Waals surface area contributed by atoms with Gasteiger partial charge < -0.3 is 14.4 Å². The molecule has 0 N–H and O–H groups in total. The Kier molecular flexibility index (Phi) is 5.48. The summed E-state index contributed by atoms with van der Waals surface area (Å²) in [5.41, 5.74) is 0. The van der Waals surface area contributed by atoms with Crippen molar-refractivity contribution in [3.63, 3.8) is 0 Å². The summed E-state index contributed by atoms with van der Waals surface area (Å²) in [5.74, 6) is 1.05. The van der Waals surface area contributed by atoms with Crippen molar-refractivity contribution in [2.24, 2.45) is 0 Å². The first-order valence-electron chi connectivity index (χ1n) is 7.81. The minimum Gasteiger partial charge on any atom is -0.484 e. The number of carbonyl (C=O) groups is 1. The zero-order valence-corrected chi connectivity index (χ0v) is 13.9. The second-order valence-corrected chi connectivity index (χ2v) is 5.96. The summed E-state index contributed by atoms with van der Waals surface area (Å²) in [6.45, 7) is 1.24. The summed E-state index contributed by atoms with van der Waals surface area (Å²) in [5, 5.41) is 8.34. The van der Waals surface area contributed by atoms with E-state index in [1.807, 2.05) is 0 Å². The lowest BCUT2D eigenvalue weighted by Gasteiger charge is -2.32. The molecule has 1 amide bonds. The fourth-order valence-corrected chi connectivity index (χ4v) is 2.68. The average Bonchev–Trinajstić information content (AvgIpc) is 2.62. The molecule has 1 aromatic carbocycles. The van der Waals surface area contributed by atoms with E-state index in [1.165, 1.54) is 0 Å². The average molecular weight is 348 g/mol. The highest BCUT2D eigenvalue weighted by molar-refractivity contribution is 6.30. The number of likely N-dealkylation sites (tertiary alicyclic amines) is 1. The first-order valence-corrected chi connectivity index (χ1v) is 8.19. The number of hydrogen-bond donors (Lipinski definition) is 0. The van der Waals surface area contributed by atoms with Crippen LogP contribution in [0.5, 0.6) is 11.6 Å². The second kappa shape index (κ2) is 7.97. The van der Waals surface area contributed by atoms with Crippen LogP contribution in [-0.4, -0.2) is 46.8 Å². The van der Waals surface area contributed by atoms with Crippen LogP contribution >= 0.6 is 11.6 Å². The summed E-state index contributed by atoms with van der Waals surface area (Å²) in [6.07, 6.45) is 3.29. The number of hydrogen-bond acceptors (Lipinski definition) is 5. The molecule has 0 spiro atoms. The Hall–Kier alpha value is -2.34.